The number of carboxylic acid groups (broad SMARTS) is 1. The first-order valence-corrected chi connectivity index (χ1v) is 7.38. The van der Waals surface area contributed by atoms with Crippen molar-refractivity contribution in [2.45, 2.75) is 38.8 Å². The van der Waals surface area contributed by atoms with E-state index in [-0.39, 0.29) is 23.5 Å². The van der Waals surface area contributed by atoms with Gasteiger partial charge in [0.15, 0.2) is 9.84 Å². The van der Waals surface area contributed by atoms with E-state index >= 15 is 0 Å². The Labute approximate surface area is 96.1 Å². The van der Waals surface area contributed by atoms with Gasteiger partial charge in [-0.15, -0.1) is 0 Å². The molecule has 0 amide bonds. The van der Waals surface area contributed by atoms with Gasteiger partial charge in [-0.05, 0) is 5.92 Å². The summed E-state index contributed by atoms with van der Waals surface area (Å²) in [7, 11) is -2.94. The zero-order valence-electron chi connectivity index (χ0n) is 9.68. The van der Waals surface area contributed by atoms with Crippen molar-refractivity contribution in [1.29, 1.82) is 0 Å². The molecule has 0 aromatic rings. The molecule has 1 saturated heterocycles. The predicted octanol–water partition coefficient (Wildman–Crippen LogP) is -2.10. The number of hydrogen-bond donors (Lipinski definition) is 1. The van der Waals surface area contributed by atoms with E-state index in [0.717, 1.165) is 0 Å². The highest BCUT2D eigenvalue weighted by Gasteiger charge is 2.32. The molecule has 0 saturated carbocycles. The molecule has 0 aromatic heterocycles. The molecule has 0 aromatic carbocycles. The molecule has 1 fully saturated rings. The van der Waals surface area contributed by atoms with Gasteiger partial charge < -0.3 is 15.2 Å². The molecule has 0 radical (unpaired) electrons. The summed E-state index contributed by atoms with van der Waals surface area (Å²) in [5, 5.41) is 12.5. The van der Waals surface area contributed by atoms with Crippen LogP contribution in [0, 0.1) is 5.92 Å². The number of sulfone groups is 1. The molecule has 2 atom stereocenters. The van der Waals surface area contributed by atoms with Crippen LogP contribution >= 0.6 is 0 Å². The summed E-state index contributed by atoms with van der Waals surface area (Å²) >= 11 is 0. The van der Waals surface area contributed by atoms with Gasteiger partial charge in [-0.3, -0.25) is 0 Å². The standard InChI is InChI=1S/C10H19NO4S/c1-7(2)5-9(10(12)13)11-8-3-4-16(14,15)6-8/h7-9,11H,3-6H2,1-2H3,(H,12,13)/t8-,9-/m0/s1. The van der Waals surface area contributed by atoms with Crippen LogP contribution in [-0.2, 0) is 14.6 Å². The van der Waals surface area contributed by atoms with Gasteiger partial charge in [0.25, 0.3) is 0 Å². The fraction of sp³-hybridized carbons (Fsp3) is 0.900. The van der Waals surface area contributed by atoms with Crippen molar-refractivity contribution in [3.05, 3.63) is 0 Å². The highest BCUT2D eigenvalue weighted by Crippen LogP contribution is 2.09. The third kappa shape index (κ3) is 4.09. The molecule has 0 unspecified atom stereocenters. The van der Waals surface area contributed by atoms with Crippen LogP contribution in [0.2, 0.25) is 0 Å². The van der Waals surface area contributed by atoms with Crippen LogP contribution in [0.3, 0.4) is 0 Å². The van der Waals surface area contributed by atoms with Crippen molar-refractivity contribution in [1.82, 2.24) is 0 Å². The van der Waals surface area contributed by atoms with Gasteiger partial charge in [-0.25, -0.2) is 8.42 Å². The Morgan fingerprint density at radius 1 is 1.50 bits per heavy atom. The average Bonchev–Trinajstić information content (AvgIpc) is 2.43. The maximum absolute atomic E-state index is 11.2. The van der Waals surface area contributed by atoms with Crippen molar-refractivity contribution in [3.63, 3.8) is 0 Å². The highest BCUT2D eigenvalue weighted by molar-refractivity contribution is 7.91. The van der Waals surface area contributed by atoms with E-state index in [2.05, 4.69) is 0 Å². The number of hydrogen-bond acceptors (Lipinski definition) is 4. The minimum absolute atomic E-state index is 0.0921. The van der Waals surface area contributed by atoms with Crippen molar-refractivity contribution in [3.8, 4) is 0 Å². The summed E-state index contributed by atoms with van der Waals surface area (Å²) in [5.74, 6) is -0.569. The summed E-state index contributed by atoms with van der Waals surface area (Å²) in [6.07, 6.45) is 1.06. The lowest BCUT2D eigenvalue weighted by molar-refractivity contribution is -0.711. The quantitative estimate of drug-likeness (QED) is 0.604. The average molecular weight is 249 g/mol. The minimum atomic E-state index is -2.94. The largest absolute Gasteiger partial charge is 0.544 e. The number of aliphatic carboxylic acids is 1. The van der Waals surface area contributed by atoms with Crippen LogP contribution in [0.5, 0.6) is 0 Å². The van der Waals surface area contributed by atoms with Crippen molar-refractivity contribution in [2.24, 2.45) is 5.92 Å². The lowest BCUT2D eigenvalue weighted by atomic mass is 10.0. The smallest absolute Gasteiger partial charge is 0.156 e. The summed E-state index contributed by atoms with van der Waals surface area (Å²) in [6.45, 7) is 3.88. The summed E-state index contributed by atoms with van der Waals surface area (Å²) < 4.78 is 22.5. The van der Waals surface area contributed by atoms with Crippen molar-refractivity contribution >= 4 is 15.8 Å². The second kappa shape index (κ2) is 5.14. The van der Waals surface area contributed by atoms with E-state index in [4.69, 9.17) is 0 Å². The molecule has 0 aliphatic carbocycles. The minimum Gasteiger partial charge on any atom is -0.544 e. The Morgan fingerprint density at radius 3 is 2.50 bits per heavy atom. The van der Waals surface area contributed by atoms with Crippen molar-refractivity contribution < 1.29 is 23.6 Å². The molecular weight excluding hydrogens is 230 g/mol. The van der Waals surface area contributed by atoms with E-state index in [9.17, 15) is 18.3 Å². The lowest BCUT2D eigenvalue weighted by Gasteiger charge is -2.21. The van der Waals surface area contributed by atoms with Gasteiger partial charge in [-0.1, -0.05) is 13.8 Å². The number of carbonyl (C=O) groups excluding carboxylic acids is 1. The molecular formula is C10H19NO4S. The van der Waals surface area contributed by atoms with E-state index in [1.54, 1.807) is 5.32 Å². The van der Waals surface area contributed by atoms with E-state index in [1.807, 2.05) is 13.8 Å². The number of quaternary nitrogens is 1. The number of carbonyl (C=O) groups is 1. The van der Waals surface area contributed by atoms with Gasteiger partial charge in [0, 0.05) is 12.8 Å². The Hall–Kier alpha value is -0.620. The van der Waals surface area contributed by atoms with Crippen molar-refractivity contribution in [2.75, 3.05) is 11.5 Å². The van der Waals surface area contributed by atoms with E-state index < -0.39 is 21.8 Å². The zero-order valence-corrected chi connectivity index (χ0v) is 10.5. The number of carboxylic acids is 1. The van der Waals surface area contributed by atoms with E-state index in [0.29, 0.717) is 12.8 Å². The fourth-order valence-electron chi connectivity index (χ4n) is 2.07. The fourth-order valence-corrected chi connectivity index (χ4v) is 3.82. The van der Waals surface area contributed by atoms with Crippen LogP contribution in [0.1, 0.15) is 26.7 Å². The monoisotopic (exact) mass is 249 g/mol. The maximum atomic E-state index is 11.2. The third-order valence-electron chi connectivity index (χ3n) is 2.80. The highest BCUT2D eigenvalue weighted by atomic mass is 32.2. The molecule has 1 rings (SSSR count). The molecule has 1 heterocycles. The van der Waals surface area contributed by atoms with E-state index in [1.165, 1.54) is 0 Å². The summed E-state index contributed by atoms with van der Waals surface area (Å²) in [5.41, 5.74) is 0. The van der Waals surface area contributed by atoms with Gasteiger partial charge in [0.1, 0.15) is 17.8 Å². The molecule has 0 bridgehead atoms. The first-order chi connectivity index (χ1) is 7.30. The molecule has 1 aliphatic heterocycles. The van der Waals surface area contributed by atoms with Crippen LogP contribution in [0.25, 0.3) is 0 Å². The third-order valence-corrected chi connectivity index (χ3v) is 4.59. The van der Waals surface area contributed by atoms with Gasteiger partial charge in [0.2, 0.25) is 0 Å². The molecule has 16 heavy (non-hydrogen) atoms. The second-order valence-electron chi connectivity index (χ2n) is 4.91. The Balaban J connectivity index is 2.53. The molecule has 94 valence electrons. The number of nitrogens with two attached hydrogens (primary N) is 1. The second-order valence-corrected chi connectivity index (χ2v) is 7.14. The lowest BCUT2D eigenvalue weighted by Crippen LogP contribution is -2.98. The molecule has 0 spiro atoms. The van der Waals surface area contributed by atoms with Crippen LogP contribution in [0.4, 0.5) is 0 Å². The molecule has 5 nitrogen and oxygen atoms in total. The molecule has 6 heteroatoms. The van der Waals surface area contributed by atoms with Gasteiger partial charge in [0.05, 0.1) is 11.7 Å². The number of rotatable bonds is 5. The zero-order chi connectivity index (χ0) is 12.3. The topological polar surface area (TPSA) is 90.9 Å². The van der Waals surface area contributed by atoms with Crippen LogP contribution in [0.15, 0.2) is 0 Å². The maximum Gasteiger partial charge on any atom is 0.156 e. The summed E-state index contributed by atoms with van der Waals surface area (Å²) in [6, 6.07) is -0.745. The van der Waals surface area contributed by atoms with Crippen LogP contribution in [-0.4, -0.2) is 38.0 Å². The van der Waals surface area contributed by atoms with Crippen LogP contribution < -0.4 is 10.4 Å². The Bertz CT molecular complexity index is 350. The first-order valence-electron chi connectivity index (χ1n) is 5.56. The Kier molecular flexibility index (Phi) is 4.32. The first kappa shape index (κ1) is 13.4. The predicted molar refractivity (Wildman–Crippen MR) is 57.2 cm³/mol. The molecule has 2 N–H and O–H groups in total. The molecule has 1 aliphatic rings. The normalized spacial score (nSPS) is 25.8. The van der Waals surface area contributed by atoms with Gasteiger partial charge in [-0.2, -0.15) is 0 Å². The Morgan fingerprint density at radius 2 is 2.12 bits per heavy atom. The SMILES string of the molecule is CC(C)C[C@H]([NH2+][C@H]1CCS(=O)(=O)C1)C(=O)[O-]. The van der Waals surface area contributed by atoms with Gasteiger partial charge >= 0.3 is 0 Å². The summed E-state index contributed by atoms with van der Waals surface area (Å²) in [4.78, 5) is 10.9.